The minimum Gasteiger partial charge on any atom is -0.437 e. The van der Waals surface area contributed by atoms with Crippen molar-refractivity contribution in [1.29, 1.82) is 0 Å². The summed E-state index contributed by atoms with van der Waals surface area (Å²) in [6.45, 7) is 10.3. The number of carbonyl (C=O) groups excluding carboxylic acids is 1. The average Bonchev–Trinajstić information content (AvgIpc) is 3.56. The normalized spacial score (nSPS) is 15.3. The molecule has 0 bridgehead atoms. The molecule has 41 heavy (non-hydrogen) atoms. The van der Waals surface area contributed by atoms with E-state index in [1.54, 1.807) is 6.92 Å². The van der Waals surface area contributed by atoms with Crippen LogP contribution >= 0.6 is 0 Å². The van der Waals surface area contributed by atoms with E-state index >= 15 is 0 Å². The molecule has 13 heteroatoms. The third-order valence-corrected chi connectivity index (χ3v) is 8.36. The Balaban J connectivity index is 1.81. The summed E-state index contributed by atoms with van der Waals surface area (Å²) in [4.78, 5) is 23.7. The molecular formula is C28H35N5O7S. The molecule has 1 atom stereocenters. The third kappa shape index (κ3) is 6.75. The molecule has 4 rings (SSSR count). The van der Waals surface area contributed by atoms with Gasteiger partial charge in [0.15, 0.2) is 5.69 Å². The SMILES string of the molecule is Cc1cccc(-n2nc(C(=O)NC[C@@H]3CCCO3)c(C)c2Oc2ccc([N+](=O)[O-])cc2S(=O)(=O)NCC(C)C)c1C. The predicted octanol–water partition coefficient (Wildman–Crippen LogP) is 4.34. The van der Waals surface area contributed by atoms with Crippen molar-refractivity contribution in [3.05, 3.63) is 68.9 Å². The first-order chi connectivity index (χ1) is 19.4. The summed E-state index contributed by atoms with van der Waals surface area (Å²) in [5, 5.41) is 19.0. The monoisotopic (exact) mass is 585 g/mol. The number of carbonyl (C=O) groups is 1. The Morgan fingerprint density at radius 2 is 1.98 bits per heavy atom. The molecule has 1 amide bonds. The van der Waals surface area contributed by atoms with Gasteiger partial charge in [0.2, 0.25) is 15.9 Å². The molecule has 1 saturated heterocycles. The van der Waals surface area contributed by atoms with Crippen LogP contribution in [0.15, 0.2) is 41.3 Å². The maximum absolute atomic E-state index is 13.3. The van der Waals surface area contributed by atoms with E-state index in [-0.39, 0.29) is 35.9 Å². The molecule has 1 aliphatic heterocycles. The van der Waals surface area contributed by atoms with Gasteiger partial charge in [-0.05, 0) is 62.8 Å². The van der Waals surface area contributed by atoms with Crippen molar-refractivity contribution in [1.82, 2.24) is 19.8 Å². The van der Waals surface area contributed by atoms with E-state index in [1.165, 1.54) is 16.8 Å². The summed E-state index contributed by atoms with van der Waals surface area (Å²) in [6.07, 6.45) is 1.72. The van der Waals surface area contributed by atoms with Gasteiger partial charge in [0, 0.05) is 37.4 Å². The van der Waals surface area contributed by atoms with Gasteiger partial charge in [0.25, 0.3) is 11.6 Å². The van der Waals surface area contributed by atoms with Gasteiger partial charge < -0.3 is 14.8 Å². The number of aryl methyl sites for hydroxylation is 1. The summed E-state index contributed by atoms with van der Waals surface area (Å²) < 4.78 is 42.3. The molecule has 0 saturated carbocycles. The van der Waals surface area contributed by atoms with Crippen LogP contribution in [-0.2, 0) is 14.8 Å². The molecule has 0 spiro atoms. The summed E-state index contributed by atoms with van der Waals surface area (Å²) in [7, 11) is -4.20. The lowest BCUT2D eigenvalue weighted by Gasteiger charge is -2.16. The zero-order chi connectivity index (χ0) is 29.9. The fraction of sp³-hybridized carbons (Fsp3) is 0.429. The van der Waals surface area contributed by atoms with Crippen LogP contribution in [0, 0.1) is 36.8 Å². The standard InChI is InChI=1S/C28H35N5O7S/c1-17(2)15-30-41(37,38)25-14-21(33(35)36)11-12-24(25)40-28-20(5)26(27(34)29-16-22-9-7-13-39-22)31-32(28)23-10-6-8-18(3)19(23)4/h6,8,10-12,14,17,22,30H,7,9,13,15-16H2,1-5H3,(H,29,34)/t22-/m0/s1. The van der Waals surface area contributed by atoms with Crippen molar-refractivity contribution in [3.63, 3.8) is 0 Å². The number of ether oxygens (including phenoxy) is 2. The quantitative estimate of drug-likeness (QED) is 0.249. The Bertz CT molecular complexity index is 1560. The van der Waals surface area contributed by atoms with Crippen molar-refractivity contribution in [2.45, 2.75) is 58.5 Å². The fourth-order valence-corrected chi connectivity index (χ4v) is 5.76. The smallest absolute Gasteiger partial charge is 0.272 e. The predicted molar refractivity (Wildman–Crippen MR) is 152 cm³/mol. The van der Waals surface area contributed by atoms with Crippen molar-refractivity contribution < 1.29 is 27.6 Å². The zero-order valence-electron chi connectivity index (χ0n) is 23.8. The van der Waals surface area contributed by atoms with Gasteiger partial charge in [-0.25, -0.2) is 13.1 Å². The maximum atomic E-state index is 13.3. The number of amides is 1. The van der Waals surface area contributed by atoms with Gasteiger partial charge in [-0.1, -0.05) is 26.0 Å². The Labute approximate surface area is 239 Å². The first-order valence-corrected chi connectivity index (χ1v) is 14.9. The fourth-order valence-electron chi connectivity index (χ4n) is 4.40. The number of rotatable bonds is 11. The highest BCUT2D eigenvalue weighted by molar-refractivity contribution is 7.89. The van der Waals surface area contributed by atoms with Crippen LogP contribution in [0.4, 0.5) is 5.69 Å². The molecule has 1 fully saturated rings. The highest BCUT2D eigenvalue weighted by atomic mass is 32.2. The van der Waals surface area contributed by atoms with E-state index in [9.17, 15) is 23.3 Å². The zero-order valence-corrected chi connectivity index (χ0v) is 24.6. The van der Waals surface area contributed by atoms with Gasteiger partial charge in [0.05, 0.1) is 16.7 Å². The number of hydrogen-bond acceptors (Lipinski definition) is 8. The van der Waals surface area contributed by atoms with E-state index in [2.05, 4.69) is 15.1 Å². The maximum Gasteiger partial charge on any atom is 0.272 e. The second kappa shape index (κ2) is 12.4. The van der Waals surface area contributed by atoms with Crippen LogP contribution in [0.3, 0.4) is 0 Å². The van der Waals surface area contributed by atoms with Gasteiger partial charge >= 0.3 is 0 Å². The molecule has 2 N–H and O–H groups in total. The third-order valence-electron chi connectivity index (χ3n) is 6.92. The van der Waals surface area contributed by atoms with Crippen molar-refractivity contribution >= 4 is 21.6 Å². The summed E-state index contributed by atoms with van der Waals surface area (Å²) in [5.74, 6) is -0.471. The molecule has 0 aliphatic carbocycles. The molecular weight excluding hydrogens is 550 g/mol. The first-order valence-electron chi connectivity index (χ1n) is 13.4. The molecule has 2 heterocycles. The van der Waals surface area contributed by atoms with E-state index in [0.29, 0.717) is 24.4 Å². The van der Waals surface area contributed by atoms with Gasteiger partial charge in [-0.3, -0.25) is 14.9 Å². The Morgan fingerprint density at radius 1 is 1.22 bits per heavy atom. The first kappa shape index (κ1) is 30.2. The largest absolute Gasteiger partial charge is 0.437 e. The van der Waals surface area contributed by atoms with Crippen LogP contribution in [0.5, 0.6) is 11.6 Å². The minimum atomic E-state index is -4.20. The Kier molecular flexibility index (Phi) is 9.10. The second-order valence-electron chi connectivity index (χ2n) is 10.5. The number of nitrogens with one attached hydrogen (secondary N) is 2. The highest BCUT2D eigenvalue weighted by Crippen LogP contribution is 2.36. The van der Waals surface area contributed by atoms with E-state index in [4.69, 9.17) is 9.47 Å². The van der Waals surface area contributed by atoms with E-state index < -0.39 is 31.4 Å². The molecule has 0 unspecified atom stereocenters. The molecule has 3 aromatic rings. The molecule has 1 aromatic heterocycles. The topological polar surface area (TPSA) is 155 Å². The van der Waals surface area contributed by atoms with Gasteiger partial charge in [0.1, 0.15) is 10.6 Å². The number of non-ortho nitro benzene ring substituents is 1. The molecule has 1 aliphatic rings. The molecule has 2 aromatic carbocycles. The number of nitro benzene ring substituents is 1. The molecule has 220 valence electrons. The lowest BCUT2D eigenvalue weighted by molar-refractivity contribution is -0.385. The summed E-state index contributed by atoms with van der Waals surface area (Å²) >= 11 is 0. The van der Waals surface area contributed by atoms with E-state index in [0.717, 1.165) is 30.0 Å². The van der Waals surface area contributed by atoms with E-state index in [1.807, 2.05) is 45.9 Å². The number of benzene rings is 2. The van der Waals surface area contributed by atoms with Crippen LogP contribution < -0.4 is 14.8 Å². The second-order valence-corrected chi connectivity index (χ2v) is 12.2. The Hall–Kier alpha value is -3.81. The van der Waals surface area contributed by atoms with Crippen molar-refractivity contribution in [2.75, 3.05) is 19.7 Å². The lowest BCUT2D eigenvalue weighted by atomic mass is 10.1. The minimum absolute atomic E-state index is 0.00323. The van der Waals surface area contributed by atoms with Crippen LogP contribution in [0.2, 0.25) is 0 Å². The number of hydrogen-bond donors (Lipinski definition) is 2. The van der Waals surface area contributed by atoms with Crippen LogP contribution in [-0.4, -0.2) is 54.8 Å². The summed E-state index contributed by atoms with van der Waals surface area (Å²) in [5.41, 5.74) is 2.54. The van der Waals surface area contributed by atoms with Crippen molar-refractivity contribution in [3.8, 4) is 17.3 Å². The van der Waals surface area contributed by atoms with Crippen molar-refractivity contribution in [2.24, 2.45) is 5.92 Å². The number of nitrogens with zero attached hydrogens (tertiary/aromatic N) is 3. The van der Waals surface area contributed by atoms with Crippen LogP contribution in [0.1, 0.15) is 53.9 Å². The lowest BCUT2D eigenvalue weighted by Crippen LogP contribution is -2.32. The summed E-state index contributed by atoms with van der Waals surface area (Å²) in [6, 6.07) is 8.95. The number of sulfonamides is 1. The molecule has 0 radical (unpaired) electrons. The number of aromatic nitrogens is 2. The Morgan fingerprint density at radius 3 is 2.63 bits per heavy atom. The van der Waals surface area contributed by atoms with Gasteiger partial charge in [-0.15, -0.1) is 0 Å². The number of nitro groups is 1. The van der Waals surface area contributed by atoms with Crippen LogP contribution in [0.25, 0.3) is 5.69 Å². The average molecular weight is 586 g/mol. The highest BCUT2D eigenvalue weighted by Gasteiger charge is 2.29. The van der Waals surface area contributed by atoms with Gasteiger partial charge in [-0.2, -0.15) is 9.78 Å². The molecule has 12 nitrogen and oxygen atoms in total.